The zero-order valence-corrected chi connectivity index (χ0v) is 21.2. The van der Waals surface area contributed by atoms with E-state index in [-0.39, 0.29) is 18.0 Å². The van der Waals surface area contributed by atoms with E-state index in [4.69, 9.17) is 9.72 Å². The van der Waals surface area contributed by atoms with Gasteiger partial charge in [-0.15, -0.1) is 0 Å². The Morgan fingerprint density at radius 3 is 2.54 bits per heavy atom. The molecule has 2 aliphatic rings. The van der Waals surface area contributed by atoms with Gasteiger partial charge in [-0.25, -0.2) is 4.98 Å². The van der Waals surface area contributed by atoms with Crippen LogP contribution in [0.2, 0.25) is 0 Å². The number of carbonyl (C=O) groups excluding carboxylic acids is 1. The van der Waals surface area contributed by atoms with Crippen LogP contribution < -0.4 is 4.74 Å². The van der Waals surface area contributed by atoms with Gasteiger partial charge in [0.2, 0.25) is 0 Å². The molecule has 2 saturated heterocycles. The minimum atomic E-state index is 0.112. The van der Waals surface area contributed by atoms with Crippen molar-refractivity contribution in [3.05, 3.63) is 88.7 Å². The zero-order chi connectivity index (χ0) is 23.9. The molecule has 2 aliphatic heterocycles. The molecule has 0 radical (unpaired) electrons. The van der Waals surface area contributed by atoms with Gasteiger partial charge in [-0.1, -0.05) is 40.2 Å². The van der Waals surface area contributed by atoms with E-state index in [1.165, 1.54) is 5.69 Å². The highest BCUT2D eigenvalue weighted by Gasteiger charge is 2.43. The van der Waals surface area contributed by atoms with Crippen molar-refractivity contribution in [2.75, 3.05) is 20.2 Å². The number of ether oxygens (including phenoxy) is 1. The average molecular weight is 531 g/mol. The molecule has 35 heavy (non-hydrogen) atoms. The number of halogens is 1. The Morgan fingerprint density at radius 1 is 1.03 bits per heavy atom. The van der Waals surface area contributed by atoms with Gasteiger partial charge >= 0.3 is 0 Å². The number of fused-ring (bicyclic) bond motifs is 3. The maximum Gasteiger partial charge on any atom is 0.254 e. The van der Waals surface area contributed by atoms with Crippen LogP contribution in [0.1, 0.15) is 28.9 Å². The molecule has 2 atom stereocenters. The topological polar surface area (TPSA) is 50.1 Å². The number of piperazine rings is 1. The van der Waals surface area contributed by atoms with Crippen LogP contribution in [-0.2, 0) is 6.54 Å². The van der Waals surface area contributed by atoms with Crippen LogP contribution in [0.5, 0.6) is 5.75 Å². The Hall–Kier alpha value is -3.16. The normalized spacial score (nSPS) is 19.9. The highest BCUT2D eigenvalue weighted by molar-refractivity contribution is 9.10. The van der Waals surface area contributed by atoms with Crippen molar-refractivity contribution in [3.8, 4) is 17.0 Å². The molecule has 2 aromatic heterocycles. The van der Waals surface area contributed by atoms with Crippen molar-refractivity contribution < 1.29 is 9.53 Å². The van der Waals surface area contributed by atoms with Gasteiger partial charge in [0.25, 0.3) is 5.91 Å². The van der Waals surface area contributed by atoms with Crippen LogP contribution in [0, 0.1) is 0 Å². The van der Waals surface area contributed by atoms with Gasteiger partial charge < -0.3 is 14.0 Å². The van der Waals surface area contributed by atoms with E-state index in [9.17, 15) is 4.79 Å². The van der Waals surface area contributed by atoms with Gasteiger partial charge in [-0.05, 0) is 55.3 Å². The first-order chi connectivity index (χ1) is 17.1. The predicted molar refractivity (Wildman–Crippen MR) is 140 cm³/mol. The second kappa shape index (κ2) is 9.13. The number of rotatable bonds is 5. The highest BCUT2D eigenvalue weighted by atomic mass is 79.9. The smallest absolute Gasteiger partial charge is 0.254 e. The van der Waals surface area contributed by atoms with Crippen molar-refractivity contribution in [2.45, 2.75) is 31.5 Å². The van der Waals surface area contributed by atoms with Gasteiger partial charge in [0.15, 0.2) is 0 Å². The van der Waals surface area contributed by atoms with Gasteiger partial charge in [0.05, 0.1) is 18.5 Å². The van der Waals surface area contributed by atoms with Gasteiger partial charge in [0.1, 0.15) is 11.4 Å². The highest BCUT2D eigenvalue weighted by Crippen LogP contribution is 2.34. The zero-order valence-electron chi connectivity index (χ0n) is 19.6. The Bertz CT molecular complexity index is 1370. The number of nitrogens with zero attached hydrogens (tertiary/aromatic N) is 4. The maximum absolute atomic E-state index is 13.4. The number of amides is 1. The molecule has 0 aliphatic carbocycles. The molecule has 4 heterocycles. The summed E-state index contributed by atoms with van der Waals surface area (Å²) in [6.07, 6.45) is 4.18. The Kier molecular flexibility index (Phi) is 5.82. The van der Waals surface area contributed by atoms with Crippen LogP contribution in [0.3, 0.4) is 0 Å². The summed E-state index contributed by atoms with van der Waals surface area (Å²) in [5.41, 5.74) is 4.98. The minimum absolute atomic E-state index is 0.112. The second-order valence-electron chi connectivity index (χ2n) is 9.37. The maximum atomic E-state index is 13.4. The number of benzene rings is 2. The molecule has 1 amide bonds. The van der Waals surface area contributed by atoms with Crippen molar-refractivity contribution in [2.24, 2.45) is 0 Å². The molecule has 2 bridgehead atoms. The Balaban J connectivity index is 1.27. The fourth-order valence-corrected chi connectivity index (χ4v) is 5.87. The molecule has 0 spiro atoms. The third kappa shape index (κ3) is 4.13. The lowest BCUT2D eigenvalue weighted by Crippen LogP contribution is -2.55. The summed E-state index contributed by atoms with van der Waals surface area (Å²) in [6, 6.07) is 22.4. The number of imidazole rings is 1. The van der Waals surface area contributed by atoms with E-state index < -0.39 is 0 Å². The molecule has 0 saturated carbocycles. The molecular formula is C28H27BrN4O2. The fourth-order valence-electron chi connectivity index (χ4n) is 5.60. The minimum Gasteiger partial charge on any atom is -0.497 e. The van der Waals surface area contributed by atoms with Crippen molar-refractivity contribution in [3.63, 3.8) is 0 Å². The lowest BCUT2D eigenvalue weighted by Gasteiger charge is -2.41. The van der Waals surface area contributed by atoms with E-state index in [1.807, 2.05) is 30.3 Å². The second-order valence-corrected chi connectivity index (χ2v) is 10.3. The number of hydrogen-bond acceptors (Lipinski definition) is 4. The first-order valence-electron chi connectivity index (χ1n) is 12.0. The van der Waals surface area contributed by atoms with Gasteiger partial charge in [-0.2, -0.15) is 0 Å². The number of hydrogen-bond donors (Lipinski definition) is 0. The first-order valence-corrected chi connectivity index (χ1v) is 12.8. The number of carbonyl (C=O) groups is 1. The number of pyridine rings is 1. The molecule has 2 unspecified atom stereocenters. The molecule has 178 valence electrons. The number of methoxy groups -OCH3 is 1. The largest absolute Gasteiger partial charge is 0.497 e. The molecule has 6 nitrogen and oxygen atoms in total. The summed E-state index contributed by atoms with van der Waals surface area (Å²) in [5, 5.41) is 0. The molecule has 2 aromatic carbocycles. The van der Waals surface area contributed by atoms with Crippen LogP contribution in [0.25, 0.3) is 16.9 Å². The molecular weight excluding hydrogens is 504 g/mol. The summed E-state index contributed by atoms with van der Waals surface area (Å²) >= 11 is 3.54. The molecule has 0 N–H and O–H groups in total. The molecule has 4 aromatic rings. The standard InChI is InChI=1S/C28H27BrN4O2/c1-35-24-6-4-5-20(15-24)28(34)33-22-12-13-23(33)17-31(16-22)18-25-27(19-8-10-21(29)11-9-19)30-26-7-2-3-14-32(25)26/h2-11,14-15,22-23H,12-13,16-18H2,1H3. The quantitative estimate of drug-likeness (QED) is 0.353. The SMILES string of the molecule is COc1cccc(C(=O)N2C3CCC2CN(Cc2c(-c4ccc(Br)cc4)nc4ccccn24)C3)c1. The van der Waals surface area contributed by atoms with Gasteiger partial charge in [0, 0.05) is 53.5 Å². The van der Waals surface area contributed by atoms with Crippen molar-refractivity contribution in [1.82, 2.24) is 19.2 Å². The fraction of sp³-hybridized carbons (Fsp3) is 0.286. The average Bonchev–Trinajstić information content (AvgIpc) is 3.38. The summed E-state index contributed by atoms with van der Waals surface area (Å²) in [5.74, 6) is 0.830. The lowest BCUT2D eigenvalue weighted by atomic mass is 10.1. The van der Waals surface area contributed by atoms with Crippen molar-refractivity contribution >= 4 is 27.5 Å². The van der Waals surface area contributed by atoms with Gasteiger partial charge in [-0.3, -0.25) is 9.69 Å². The van der Waals surface area contributed by atoms with E-state index >= 15 is 0 Å². The molecule has 7 heteroatoms. The lowest BCUT2D eigenvalue weighted by molar-refractivity contribution is 0.0402. The van der Waals surface area contributed by atoms with E-state index in [0.717, 1.165) is 59.6 Å². The number of likely N-dealkylation sites (tertiary alicyclic amines) is 1. The van der Waals surface area contributed by atoms with Crippen LogP contribution in [0.4, 0.5) is 0 Å². The third-order valence-corrected chi connectivity index (χ3v) is 7.76. The first kappa shape index (κ1) is 22.3. The van der Waals surface area contributed by atoms with Crippen molar-refractivity contribution in [1.29, 1.82) is 0 Å². The molecule has 2 fully saturated rings. The third-order valence-electron chi connectivity index (χ3n) is 7.23. The summed E-state index contributed by atoms with van der Waals surface area (Å²) < 4.78 is 8.59. The van der Waals surface area contributed by atoms with Crippen LogP contribution >= 0.6 is 15.9 Å². The van der Waals surface area contributed by atoms with E-state index in [2.05, 4.69) is 72.7 Å². The summed E-state index contributed by atoms with van der Waals surface area (Å²) in [4.78, 5) is 23.0. The predicted octanol–water partition coefficient (Wildman–Crippen LogP) is 5.26. The van der Waals surface area contributed by atoms with Crippen LogP contribution in [-0.4, -0.2) is 57.4 Å². The molecule has 6 rings (SSSR count). The summed E-state index contributed by atoms with van der Waals surface area (Å²) in [7, 11) is 1.63. The monoisotopic (exact) mass is 530 g/mol. The number of aromatic nitrogens is 2. The van der Waals surface area contributed by atoms with Crippen LogP contribution in [0.15, 0.2) is 77.4 Å². The summed E-state index contributed by atoms with van der Waals surface area (Å²) in [6.45, 7) is 2.53. The van der Waals surface area contributed by atoms with E-state index in [1.54, 1.807) is 7.11 Å². The Labute approximate surface area is 213 Å². The van der Waals surface area contributed by atoms with E-state index in [0.29, 0.717) is 5.56 Å². The Morgan fingerprint density at radius 2 is 1.80 bits per heavy atom.